The molecule has 3 rings (SSSR count). The fourth-order valence-electron chi connectivity index (χ4n) is 2.38. The molecule has 0 bridgehead atoms. The van der Waals surface area contributed by atoms with Crippen molar-refractivity contribution in [2.24, 2.45) is 5.73 Å². The first kappa shape index (κ1) is 14.4. The van der Waals surface area contributed by atoms with Crippen LogP contribution in [0.5, 0.6) is 0 Å². The Balaban J connectivity index is 2.00. The zero-order valence-corrected chi connectivity index (χ0v) is 13.7. The number of hydrogen-bond donors (Lipinski definition) is 1. The summed E-state index contributed by atoms with van der Waals surface area (Å²) in [6, 6.07) is 9.17. The number of hydrogen-bond acceptors (Lipinski definition) is 4. The van der Waals surface area contributed by atoms with E-state index >= 15 is 0 Å². The van der Waals surface area contributed by atoms with Gasteiger partial charge in [0.2, 0.25) is 5.91 Å². The highest BCUT2D eigenvalue weighted by Gasteiger charge is 2.28. The Hall–Kier alpha value is -1.50. The van der Waals surface area contributed by atoms with Crippen LogP contribution in [0.25, 0.3) is 0 Å². The molecule has 4 nitrogen and oxygen atoms in total. The van der Waals surface area contributed by atoms with E-state index in [9.17, 15) is 9.59 Å². The molecule has 21 heavy (non-hydrogen) atoms. The van der Waals surface area contributed by atoms with Crippen LogP contribution in [-0.4, -0.2) is 23.8 Å². The fourth-order valence-corrected chi connectivity index (χ4v) is 3.83. The SMILES string of the molecule is CN1C(=O)Cc2ccc(C(N)c3ccc(Br)s3)cc2C1=O. The van der Waals surface area contributed by atoms with Gasteiger partial charge in [-0.2, -0.15) is 0 Å². The molecule has 0 spiro atoms. The molecule has 1 atom stereocenters. The van der Waals surface area contributed by atoms with Gasteiger partial charge in [0.15, 0.2) is 0 Å². The molecule has 2 N–H and O–H groups in total. The van der Waals surface area contributed by atoms with Crippen LogP contribution in [0.15, 0.2) is 34.1 Å². The first-order valence-electron chi connectivity index (χ1n) is 6.42. The van der Waals surface area contributed by atoms with Gasteiger partial charge in [-0.05, 0) is 45.3 Å². The highest BCUT2D eigenvalue weighted by atomic mass is 79.9. The predicted molar refractivity (Wildman–Crippen MR) is 85.3 cm³/mol. The largest absolute Gasteiger partial charge is 0.320 e. The molecule has 0 saturated carbocycles. The van der Waals surface area contributed by atoms with E-state index in [0.717, 1.165) is 19.8 Å². The Morgan fingerprint density at radius 3 is 2.71 bits per heavy atom. The van der Waals surface area contributed by atoms with Gasteiger partial charge in [-0.25, -0.2) is 0 Å². The van der Waals surface area contributed by atoms with Crippen LogP contribution in [-0.2, 0) is 11.2 Å². The van der Waals surface area contributed by atoms with Crippen LogP contribution in [0.3, 0.4) is 0 Å². The quantitative estimate of drug-likeness (QED) is 0.833. The molecule has 1 aromatic heterocycles. The Morgan fingerprint density at radius 1 is 1.29 bits per heavy atom. The van der Waals surface area contributed by atoms with E-state index < -0.39 is 0 Å². The zero-order chi connectivity index (χ0) is 15.1. The molecule has 2 aromatic rings. The highest BCUT2D eigenvalue weighted by molar-refractivity contribution is 9.11. The number of carbonyl (C=O) groups excluding carboxylic acids is 2. The third-order valence-electron chi connectivity index (χ3n) is 3.64. The molecule has 1 aromatic carbocycles. The maximum atomic E-state index is 12.2. The zero-order valence-electron chi connectivity index (χ0n) is 11.3. The molecule has 2 heterocycles. The van der Waals surface area contributed by atoms with Gasteiger partial charge in [0.25, 0.3) is 5.91 Å². The number of likely N-dealkylation sites (N-methyl/N-ethyl adjacent to an activating group) is 1. The Bertz CT molecular complexity index is 741. The van der Waals surface area contributed by atoms with Crippen LogP contribution in [0, 0.1) is 0 Å². The third kappa shape index (κ3) is 2.54. The number of halogens is 1. The second-order valence-electron chi connectivity index (χ2n) is 4.97. The Morgan fingerprint density at radius 2 is 2.05 bits per heavy atom. The van der Waals surface area contributed by atoms with Gasteiger partial charge in [0, 0.05) is 17.5 Å². The van der Waals surface area contributed by atoms with E-state index in [4.69, 9.17) is 5.73 Å². The molecule has 1 unspecified atom stereocenters. The lowest BCUT2D eigenvalue weighted by Gasteiger charge is -2.24. The highest BCUT2D eigenvalue weighted by Crippen LogP contribution is 2.31. The van der Waals surface area contributed by atoms with Crippen molar-refractivity contribution in [1.29, 1.82) is 0 Å². The number of thiophene rings is 1. The summed E-state index contributed by atoms with van der Waals surface area (Å²) in [5, 5.41) is 0. The Labute approximate surface area is 134 Å². The van der Waals surface area contributed by atoms with Crippen molar-refractivity contribution >= 4 is 39.1 Å². The minimum absolute atomic E-state index is 0.174. The lowest BCUT2D eigenvalue weighted by Crippen LogP contribution is -2.39. The molecule has 108 valence electrons. The minimum atomic E-state index is -0.276. The van der Waals surface area contributed by atoms with Gasteiger partial charge in [0.1, 0.15) is 0 Å². The van der Waals surface area contributed by atoms with Gasteiger partial charge >= 0.3 is 0 Å². The van der Waals surface area contributed by atoms with E-state index in [0.29, 0.717) is 5.56 Å². The minimum Gasteiger partial charge on any atom is -0.320 e. The van der Waals surface area contributed by atoms with Crippen LogP contribution in [0.4, 0.5) is 0 Å². The van der Waals surface area contributed by atoms with Crippen molar-refractivity contribution in [3.63, 3.8) is 0 Å². The van der Waals surface area contributed by atoms with Gasteiger partial charge in [-0.15, -0.1) is 11.3 Å². The molecule has 2 amide bonds. The number of rotatable bonds is 2. The summed E-state index contributed by atoms with van der Waals surface area (Å²) >= 11 is 4.99. The van der Waals surface area contributed by atoms with Crippen molar-refractivity contribution in [3.05, 3.63) is 55.7 Å². The number of amides is 2. The predicted octanol–water partition coefficient (Wildman–Crippen LogP) is 2.71. The maximum absolute atomic E-state index is 12.2. The number of imide groups is 1. The molecule has 0 saturated heterocycles. The first-order valence-corrected chi connectivity index (χ1v) is 8.03. The van der Waals surface area contributed by atoms with Gasteiger partial charge in [0.05, 0.1) is 16.2 Å². The van der Waals surface area contributed by atoms with E-state index in [2.05, 4.69) is 15.9 Å². The average molecular weight is 365 g/mol. The normalized spacial score (nSPS) is 16.0. The lowest BCUT2D eigenvalue weighted by molar-refractivity contribution is -0.127. The summed E-state index contributed by atoms with van der Waals surface area (Å²) < 4.78 is 1.02. The average Bonchev–Trinajstić information content (AvgIpc) is 2.90. The first-order chi connectivity index (χ1) is 9.97. The fraction of sp³-hybridized carbons (Fsp3) is 0.200. The molecule has 0 radical (unpaired) electrons. The number of carbonyl (C=O) groups is 2. The van der Waals surface area contributed by atoms with Crippen LogP contribution < -0.4 is 5.73 Å². The molecular weight excluding hydrogens is 352 g/mol. The maximum Gasteiger partial charge on any atom is 0.260 e. The standard InChI is InChI=1S/C15H13BrN2O2S/c1-18-13(19)7-8-2-3-9(6-10(8)15(18)20)14(17)11-4-5-12(16)21-11/h2-6,14H,7,17H2,1H3. The molecule has 0 fully saturated rings. The van der Waals surface area contributed by atoms with Crippen LogP contribution >= 0.6 is 27.3 Å². The smallest absolute Gasteiger partial charge is 0.260 e. The molecule has 1 aliphatic heterocycles. The second-order valence-corrected chi connectivity index (χ2v) is 7.47. The number of benzene rings is 1. The van der Waals surface area contributed by atoms with Crippen molar-refractivity contribution in [2.75, 3.05) is 7.05 Å². The molecule has 6 heteroatoms. The summed E-state index contributed by atoms with van der Waals surface area (Å²) in [5.74, 6) is -0.436. The Kier molecular flexibility index (Phi) is 3.69. The van der Waals surface area contributed by atoms with E-state index in [1.165, 1.54) is 11.9 Å². The van der Waals surface area contributed by atoms with Crippen molar-refractivity contribution in [2.45, 2.75) is 12.5 Å². The number of nitrogens with zero attached hydrogens (tertiary/aromatic N) is 1. The van der Waals surface area contributed by atoms with Crippen molar-refractivity contribution in [1.82, 2.24) is 4.90 Å². The summed E-state index contributed by atoms with van der Waals surface area (Å²) in [7, 11) is 1.51. The van der Waals surface area contributed by atoms with E-state index in [1.807, 2.05) is 24.3 Å². The number of nitrogens with two attached hydrogens (primary N) is 1. The summed E-state index contributed by atoms with van der Waals surface area (Å²) in [6.07, 6.45) is 0.262. The van der Waals surface area contributed by atoms with E-state index in [-0.39, 0.29) is 24.3 Å². The second kappa shape index (κ2) is 5.36. The van der Waals surface area contributed by atoms with Crippen molar-refractivity contribution in [3.8, 4) is 0 Å². The molecule has 0 aliphatic carbocycles. The molecular formula is C15H13BrN2O2S. The number of fused-ring (bicyclic) bond motifs is 1. The summed E-state index contributed by atoms with van der Waals surface area (Å²) in [4.78, 5) is 26.1. The van der Waals surface area contributed by atoms with Gasteiger partial charge in [-0.3, -0.25) is 14.5 Å². The summed E-state index contributed by atoms with van der Waals surface area (Å²) in [6.45, 7) is 0. The van der Waals surface area contributed by atoms with Gasteiger partial charge < -0.3 is 5.73 Å². The van der Waals surface area contributed by atoms with Crippen LogP contribution in [0.1, 0.15) is 32.4 Å². The lowest BCUT2D eigenvalue weighted by atomic mass is 9.94. The topological polar surface area (TPSA) is 63.4 Å². The molecule has 1 aliphatic rings. The monoisotopic (exact) mass is 364 g/mol. The van der Waals surface area contributed by atoms with Gasteiger partial charge in [-0.1, -0.05) is 12.1 Å². The van der Waals surface area contributed by atoms with Crippen LogP contribution in [0.2, 0.25) is 0 Å². The van der Waals surface area contributed by atoms with Crippen molar-refractivity contribution < 1.29 is 9.59 Å². The third-order valence-corrected chi connectivity index (χ3v) is 5.35. The van der Waals surface area contributed by atoms with E-state index in [1.54, 1.807) is 17.4 Å². The summed E-state index contributed by atoms with van der Waals surface area (Å²) in [5.41, 5.74) is 8.48.